The molecule has 0 aromatic heterocycles. The van der Waals surface area contributed by atoms with E-state index in [2.05, 4.69) is 0 Å². The number of primary amides is 1. The van der Waals surface area contributed by atoms with E-state index in [0.29, 0.717) is 10.6 Å². The number of rotatable bonds is 2. The van der Waals surface area contributed by atoms with Crippen molar-refractivity contribution in [1.29, 1.82) is 0 Å². The van der Waals surface area contributed by atoms with E-state index in [0.717, 1.165) is 4.90 Å². The number of nitrogens with two attached hydrogens (primary N) is 1. The van der Waals surface area contributed by atoms with E-state index in [1.54, 1.807) is 48.5 Å². The van der Waals surface area contributed by atoms with Gasteiger partial charge in [0.25, 0.3) is 0 Å². The standard InChI is InChI=1S/C17H29N3O6/c1-10-8-11(13(18)21)19(14(22)25-16(2,3)4)9-12(10)20(24)15(23)26-17(5,6)7/h8,11-12,24H,9H2,1-7H3,(H2,18,21)/t11-,12-/m0/s1. The maximum atomic E-state index is 12.5. The Labute approximate surface area is 153 Å². The summed E-state index contributed by atoms with van der Waals surface area (Å²) >= 11 is 0. The summed E-state index contributed by atoms with van der Waals surface area (Å²) in [5.41, 5.74) is 4.30. The van der Waals surface area contributed by atoms with Crippen LogP contribution in [0.15, 0.2) is 11.6 Å². The number of ether oxygens (including phenoxy) is 2. The second-order valence-electron chi connectivity index (χ2n) is 8.23. The van der Waals surface area contributed by atoms with Gasteiger partial charge in [-0.15, -0.1) is 0 Å². The van der Waals surface area contributed by atoms with Gasteiger partial charge in [-0.2, -0.15) is 5.06 Å². The van der Waals surface area contributed by atoms with Crippen molar-refractivity contribution >= 4 is 18.1 Å². The fraction of sp³-hybridized carbons (Fsp3) is 0.706. The highest BCUT2D eigenvalue weighted by molar-refractivity contribution is 5.87. The normalized spacial score (nSPS) is 20.9. The van der Waals surface area contributed by atoms with E-state index in [1.165, 1.54) is 6.08 Å². The Morgan fingerprint density at radius 3 is 2.08 bits per heavy atom. The summed E-state index contributed by atoms with van der Waals surface area (Å²) in [6, 6.07) is -1.93. The molecule has 0 saturated heterocycles. The monoisotopic (exact) mass is 371 g/mol. The summed E-state index contributed by atoms with van der Waals surface area (Å²) in [7, 11) is 0. The molecule has 1 aliphatic heterocycles. The third kappa shape index (κ3) is 5.91. The molecule has 26 heavy (non-hydrogen) atoms. The van der Waals surface area contributed by atoms with E-state index in [1.807, 2.05) is 0 Å². The zero-order valence-electron chi connectivity index (χ0n) is 16.4. The van der Waals surface area contributed by atoms with Crippen molar-refractivity contribution in [3.05, 3.63) is 11.6 Å². The van der Waals surface area contributed by atoms with Crippen LogP contribution in [0.1, 0.15) is 48.5 Å². The van der Waals surface area contributed by atoms with Crippen molar-refractivity contribution < 1.29 is 29.1 Å². The lowest BCUT2D eigenvalue weighted by molar-refractivity contribution is -0.128. The van der Waals surface area contributed by atoms with Crippen molar-refractivity contribution in [3.8, 4) is 0 Å². The minimum Gasteiger partial charge on any atom is -0.444 e. The first kappa shape index (κ1) is 21.8. The Morgan fingerprint density at radius 1 is 1.15 bits per heavy atom. The molecule has 0 aromatic carbocycles. The van der Waals surface area contributed by atoms with Gasteiger partial charge in [-0.3, -0.25) is 14.9 Å². The molecule has 9 nitrogen and oxygen atoms in total. The molecule has 1 heterocycles. The van der Waals surface area contributed by atoms with Gasteiger partial charge in [-0.05, 0) is 54.0 Å². The Bertz CT molecular complexity index is 603. The van der Waals surface area contributed by atoms with Gasteiger partial charge in [0.2, 0.25) is 5.91 Å². The summed E-state index contributed by atoms with van der Waals surface area (Å²) in [5, 5.41) is 10.7. The average Bonchev–Trinajstić information content (AvgIpc) is 2.42. The predicted octanol–water partition coefficient (Wildman–Crippen LogP) is 2.03. The second kappa shape index (κ2) is 7.53. The van der Waals surface area contributed by atoms with Crippen LogP contribution in [0.2, 0.25) is 0 Å². The fourth-order valence-corrected chi connectivity index (χ4v) is 2.34. The first-order valence-corrected chi connectivity index (χ1v) is 8.30. The summed E-state index contributed by atoms with van der Waals surface area (Å²) < 4.78 is 10.4. The molecule has 0 saturated carbocycles. The molecule has 0 aromatic rings. The maximum absolute atomic E-state index is 12.5. The van der Waals surface area contributed by atoms with Crippen LogP contribution in [0.4, 0.5) is 9.59 Å². The third-order valence-electron chi connectivity index (χ3n) is 3.45. The largest absolute Gasteiger partial charge is 0.444 e. The molecule has 3 amide bonds. The van der Waals surface area contributed by atoms with Crippen LogP contribution in [0.5, 0.6) is 0 Å². The van der Waals surface area contributed by atoms with Gasteiger partial charge >= 0.3 is 12.2 Å². The van der Waals surface area contributed by atoms with Gasteiger partial charge in [0.05, 0.1) is 6.54 Å². The highest BCUT2D eigenvalue weighted by atomic mass is 16.6. The molecule has 0 fully saturated rings. The van der Waals surface area contributed by atoms with Gasteiger partial charge in [0, 0.05) is 0 Å². The molecule has 9 heteroatoms. The van der Waals surface area contributed by atoms with Crippen LogP contribution in [-0.2, 0) is 14.3 Å². The molecular formula is C17H29N3O6. The average molecular weight is 371 g/mol. The number of carbonyl (C=O) groups excluding carboxylic acids is 3. The molecule has 0 aliphatic carbocycles. The van der Waals surface area contributed by atoms with Gasteiger partial charge in [0.1, 0.15) is 23.3 Å². The number of amides is 3. The molecule has 2 atom stereocenters. The van der Waals surface area contributed by atoms with E-state index < -0.39 is 41.4 Å². The second-order valence-corrected chi connectivity index (χ2v) is 8.23. The highest BCUT2D eigenvalue weighted by Gasteiger charge is 2.40. The smallest absolute Gasteiger partial charge is 0.434 e. The van der Waals surface area contributed by atoms with Gasteiger partial charge in [0.15, 0.2) is 0 Å². The predicted molar refractivity (Wildman–Crippen MR) is 93.3 cm³/mol. The number of hydrogen-bond acceptors (Lipinski definition) is 6. The Morgan fingerprint density at radius 2 is 1.65 bits per heavy atom. The first-order valence-electron chi connectivity index (χ1n) is 8.30. The molecule has 0 spiro atoms. The molecule has 1 rings (SSSR count). The van der Waals surface area contributed by atoms with Crippen LogP contribution in [-0.4, -0.2) is 63.1 Å². The summed E-state index contributed by atoms with van der Waals surface area (Å²) in [5.74, 6) is -0.740. The molecule has 3 N–H and O–H groups in total. The molecular weight excluding hydrogens is 342 g/mol. The van der Waals surface area contributed by atoms with Gasteiger partial charge < -0.3 is 15.2 Å². The van der Waals surface area contributed by atoms with Crippen molar-refractivity contribution in [2.45, 2.75) is 71.8 Å². The maximum Gasteiger partial charge on any atom is 0.434 e. The SMILES string of the molecule is CC1=C[C@@H](C(N)=O)N(C(=O)OC(C)(C)C)C[C@@H]1N(O)C(=O)OC(C)(C)C. The topological polar surface area (TPSA) is 122 Å². The summed E-state index contributed by atoms with van der Waals surface area (Å²) in [6.45, 7) is 11.5. The summed E-state index contributed by atoms with van der Waals surface area (Å²) in [6.07, 6.45) is -0.307. The number of carbonyl (C=O) groups is 3. The van der Waals surface area contributed by atoms with Gasteiger partial charge in [-0.25, -0.2) is 9.59 Å². The Balaban J connectivity index is 3.09. The lowest BCUT2D eigenvalue weighted by Gasteiger charge is -2.39. The fourth-order valence-electron chi connectivity index (χ4n) is 2.34. The van der Waals surface area contributed by atoms with Crippen molar-refractivity contribution in [2.75, 3.05) is 6.54 Å². The molecule has 0 bridgehead atoms. The number of nitrogens with zero attached hydrogens (tertiary/aromatic N) is 2. The number of hydrogen-bond donors (Lipinski definition) is 2. The molecule has 0 unspecified atom stereocenters. The van der Waals surface area contributed by atoms with Gasteiger partial charge in [-0.1, -0.05) is 6.08 Å². The zero-order valence-corrected chi connectivity index (χ0v) is 16.4. The third-order valence-corrected chi connectivity index (χ3v) is 3.45. The number of hydroxylamine groups is 2. The van der Waals surface area contributed by atoms with E-state index >= 15 is 0 Å². The van der Waals surface area contributed by atoms with Crippen LogP contribution in [0, 0.1) is 0 Å². The zero-order chi connectivity index (χ0) is 20.4. The first-order chi connectivity index (χ1) is 11.6. The summed E-state index contributed by atoms with van der Waals surface area (Å²) in [4.78, 5) is 37.4. The van der Waals surface area contributed by atoms with Crippen LogP contribution >= 0.6 is 0 Å². The highest BCUT2D eigenvalue weighted by Crippen LogP contribution is 2.24. The molecule has 148 valence electrons. The van der Waals surface area contributed by atoms with Crippen LogP contribution < -0.4 is 5.73 Å². The molecule has 0 radical (unpaired) electrons. The van der Waals surface area contributed by atoms with Crippen LogP contribution in [0.25, 0.3) is 0 Å². The van der Waals surface area contributed by atoms with E-state index in [9.17, 15) is 19.6 Å². The molecule has 1 aliphatic rings. The minimum absolute atomic E-state index is 0.166. The Hall–Kier alpha value is -2.29. The van der Waals surface area contributed by atoms with Crippen molar-refractivity contribution in [2.24, 2.45) is 5.73 Å². The minimum atomic E-state index is -1.03. The Kier molecular flexibility index (Phi) is 6.30. The lowest BCUT2D eigenvalue weighted by atomic mass is 9.98. The quantitative estimate of drug-likeness (QED) is 0.435. The lowest BCUT2D eigenvalue weighted by Crippen LogP contribution is -2.58. The van der Waals surface area contributed by atoms with Crippen LogP contribution in [0.3, 0.4) is 0 Å². The van der Waals surface area contributed by atoms with E-state index in [-0.39, 0.29) is 6.54 Å². The van der Waals surface area contributed by atoms with Crippen molar-refractivity contribution in [1.82, 2.24) is 9.96 Å². The van der Waals surface area contributed by atoms with Crippen molar-refractivity contribution in [3.63, 3.8) is 0 Å². The van der Waals surface area contributed by atoms with E-state index in [4.69, 9.17) is 15.2 Å².